The minimum atomic E-state index is -0.381. The van der Waals surface area contributed by atoms with Crippen LogP contribution in [0.3, 0.4) is 0 Å². The Bertz CT molecular complexity index is 1390. The zero-order valence-corrected chi connectivity index (χ0v) is 19.2. The summed E-state index contributed by atoms with van der Waals surface area (Å²) in [6.07, 6.45) is 2.25. The number of pyridine rings is 1. The fourth-order valence-corrected chi connectivity index (χ4v) is 4.19. The summed E-state index contributed by atoms with van der Waals surface area (Å²) in [4.78, 5) is 35.1. The molecular formula is C25H24N6O4. The van der Waals surface area contributed by atoms with E-state index in [4.69, 9.17) is 9.57 Å². The Hall–Kier alpha value is -4.44. The lowest BCUT2D eigenvalue weighted by Gasteiger charge is -2.23. The Labute approximate surface area is 201 Å². The summed E-state index contributed by atoms with van der Waals surface area (Å²) in [6.45, 7) is 0.460. The van der Waals surface area contributed by atoms with Gasteiger partial charge in [-0.1, -0.05) is 36.4 Å². The molecule has 2 aromatic heterocycles. The molecule has 1 atom stereocenters. The molecule has 1 fully saturated rings. The third-order valence-electron chi connectivity index (χ3n) is 5.90. The molecule has 1 aliphatic rings. The summed E-state index contributed by atoms with van der Waals surface area (Å²) in [5.41, 5.74) is 3.96. The summed E-state index contributed by atoms with van der Waals surface area (Å²) >= 11 is 0. The molecule has 1 saturated heterocycles. The van der Waals surface area contributed by atoms with E-state index in [1.807, 2.05) is 48.5 Å². The maximum atomic E-state index is 13.1. The molecule has 1 aliphatic heterocycles. The monoisotopic (exact) mass is 472 g/mol. The van der Waals surface area contributed by atoms with Crippen LogP contribution in [0, 0.1) is 0 Å². The lowest BCUT2D eigenvalue weighted by molar-refractivity contribution is -0.0829. The second-order valence-electron chi connectivity index (χ2n) is 8.00. The Morgan fingerprint density at radius 2 is 2.00 bits per heavy atom. The molecule has 0 bridgehead atoms. The molecule has 0 radical (unpaired) electrons. The molecular weight excluding hydrogens is 448 g/mol. The van der Waals surface area contributed by atoms with Gasteiger partial charge in [-0.15, -0.1) is 0 Å². The highest BCUT2D eigenvalue weighted by molar-refractivity contribution is 6.05. The number of hydrogen-bond donors (Lipinski definition) is 3. The molecule has 178 valence electrons. The Balaban J connectivity index is 1.42. The van der Waals surface area contributed by atoms with Gasteiger partial charge in [0.25, 0.3) is 5.91 Å². The van der Waals surface area contributed by atoms with Crippen LogP contribution in [0.15, 0.2) is 60.8 Å². The minimum Gasteiger partial charge on any atom is -0.481 e. The number of aromatic nitrogens is 3. The number of methoxy groups -OCH3 is 1. The van der Waals surface area contributed by atoms with E-state index in [2.05, 4.69) is 25.8 Å². The number of carbonyl (C=O) groups is 2. The molecule has 0 saturated carbocycles. The van der Waals surface area contributed by atoms with Crippen molar-refractivity contribution in [3.05, 3.63) is 72.1 Å². The summed E-state index contributed by atoms with van der Waals surface area (Å²) in [7, 11) is 3.09. The Morgan fingerprint density at radius 3 is 2.77 bits per heavy atom. The molecule has 4 aromatic rings. The van der Waals surface area contributed by atoms with Crippen LogP contribution in [0.25, 0.3) is 22.0 Å². The number of benzene rings is 2. The highest BCUT2D eigenvalue weighted by Gasteiger charge is 2.32. The first-order chi connectivity index (χ1) is 17.1. The molecule has 0 unspecified atom stereocenters. The summed E-state index contributed by atoms with van der Waals surface area (Å²) in [5, 5.41) is 14.5. The van der Waals surface area contributed by atoms with E-state index >= 15 is 0 Å². The summed E-state index contributed by atoms with van der Waals surface area (Å²) in [6, 6.07) is 16.5. The number of fused-ring (bicyclic) bond motifs is 1. The fourth-order valence-electron chi connectivity index (χ4n) is 4.19. The van der Waals surface area contributed by atoms with Gasteiger partial charge in [-0.25, -0.2) is 9.78 Å². The largest absolute Gasteiger partial charge is 0.481 e. The van der Waals surface area contributed by atoms with Gasteiger partial charge in [0.2, 0.25) is 5.88 Å². The third-order valence-corrected chi connectivity index (χ3v) is 5.90. The number of aromatic amines is 1. The SMILES string of the molecule is CNC(=O)c1n[nH]c2cc(-c3cc(NC(=O)N4OCC[C@H]4c4ccccc4)cnc3OC)ccc12. The van der Waals surface area contributed by atoms with E-state index in [0.717, 1.165) is 11.1 Å². The van der Waals surface area contributed by atoms with Crippen molar-refractivity contribution in [2.24, 2.45) is 0 Å². The number of hydroxylamine groups is 2. The number of amides is 3. The third kappa shape index (κ3) is 4.26. The van der Waals surface area contributed by atoms with E-state index in [-0.39, 0.29) is 18.0 Å². The van der Waals surface area contributed by atoms with E-state index in [0.29, 0.717) is 46.8 Å². The molecule has 0 spiro atoms. The van der Waals surface area contributed by atoms with E-state index in [1.54, 1.807) is 13.1 Å². The predicted molar refractivity (Wildman–Crippen MR) is 130 cm³/mol. The van der Waals surface area contributed by atoms with Crippen LogP contribution < -0.4 is 15.4 Å². The second kappa shape index (κ2) is 9.43. The van der Waals surface area contributed by atoms with Crippen LogP contribution in [0.4, 0.5) is 10.5 Å². The predicted octanol–water partition coefficient (Wildman–Crippen LogP) is 3.90. The normalized spacial score (nSPS) is 15.3. The van der Waals surface area contributed by atoms with Crippen LogP contribution in [-0.2, 0) is 4.84 Å². The van der Waals surface area contributed by atoms with Crippen molar-refractivity contribution < 1.29 is 19.2 Å². The Morgan fingerprint density at radius 1 is 1.17 bits per heavy atom. The van der Waals surface area contributed by atoms with Gasteiger partial charge < -0.3 is 15.4 Å². The second-order valence-corrected chi connectivity index (χ2v) is 8.00. The van der Waals surface area contributed by atoms with Gasteiger partial charge in [0, 0.05) is 24.4 Å². The molecule has 3 N–H and O–H groups in total. The number of hydrogen-bond acceptors (Lipinski definition) is 6. The van der Waals surface area contributed by atoms with E-state index in [9.17, 15) is 9.59 Å². The quantitative estimate of drug-likeness (QED) is 0.405. The molecule has 10 heteroatoms. The van der Waals surface area contributed by atoms with Gasteiger partial charge in [0.15, 0.2) is 5.69 Å². The molecule has 3 amide bonds. The topological polar surface area (TPSA) is 121 Å². The fraction of sp³-hybridized carbons (Fsp3) is 0.200. The maximum Gasteiger partial charge on any atom is 0.346 e. The van der Waals surface area contributed by atoms with Crippen molar-refractivity contribution in [2.45, 2.75) is 12.5 Å². The first-order valence-corrected chi connectivity index (χ1v) is 11.1. The lowest BCUT2D eigenvalue weighted by atomic mass is 10.0. The zero-order chi connectivity index (χ0) is 24.4. The first kappa shape index (κ1) is 22.4. The first-order valence-electron chi connectivity index (χ1n) is 11.1. The number of anilines is 1. The maximum absolute atomic E-state index is 13.1. The number of nitrogens with one attached hydrogen (secondary N) is 3. The zero-order valence-electron chi connectivity index (χ0n) is 19.2. The number of urea groups is 1. The van der Waals surface area contributed by atoms with Crippen LogP contribution in [0.1, 0.15) is 28.5 Å². The standard InChI is InChI=1S/C25H24N6O4/c1-26-23(32)22-18-9-8-16(12-20(18)29-30-22)19-13-17(14-27-24(19)34-2)28-25(33)31-21(10-11-35-31)15-6-4-3-5-7-15/h3-9,12-14,21H,10-11H2,1-2H3,(H,26,32)(H,28,33)(H,29,30)/t21-/m0/s1. The molecule has 3 heterocycles. The van der Waals surface area contributed by atoms with Crippen molar-refractivity contribution in [2.75, 3.05) is 26.1 Å². The summed E-state index contributed by atoms with van der Waals surface area (Å²) < 4.78 is 5.46. The van der Waals surface area contributed by atoms with Gasteiger partial charge >= 0.3 is 6.03 Å². The summed E-state index contributed by atoms with van der Waals surface area (Å²) in [5.74, 6) is 0.124. The van der Waals surface area contributed by atoms with Crippen LogP contribution in [0.2, 0.25) is 0 Å². The smallest absolute Gasteiger partial charge is 0.346 e. The van der Waals surface area contributed by atoms with Gasteiger partial charge in [0.05, 0.1) is 37.2 Å². The van der Waals surface area contributed by atoms with Crippen LogP contribution in [-0.4, -0.2) is 52.9 Å². The van der Waals surface area contributed by atoms with Gasteiger partial charge in [-0.05, 0) is 29.3 Å². The number of ether oxygens (including phenoxy) is 1. The van der Waals surface area contributed by atoms with Crippen molar-refractivity contribution in [1.29, 1.82) is 0 Å². The average Bonchev–Trinajstić information content (AvgIpc) is 3.56. The minimum absolute atomic E-state index is 0.167. The highest BCUT2D eigenvalue weighted by Crippen LogP contribution is 2.34. The van der Waals surface area contributed by atoms with Crippen molar-refractivity contribution in [3.8, 4) is 17.0 Å². The van der Waals surface area contributed by atoms with Crippen LogP contribution in [0.5, 0.6) is 5.88 Å². The van der Waals surface area contributed by atoms with Crippen molar-refractivity contribution in [1.82, 2.24) is 25.6 Å². The van der Waals surface area contributed by atoms with E-state index < -0.39 is 0 Å². The van der Waals surface area contributed by atoms with Gasteiger partial charge in [-0.3, -0.25) is 14.7 Å². The molecule has 5 rings (SSSR count). The van der Waals surface area contributed by atoms with Crippen molar-refractivity contribution >= 4 is 28.5 Å². The molecule has 2 aromatic carbocycles. The molecule has 35 heavy (non-hydrogen) atoms. The van der Waals surface area contributed by atoms with E-state index in [1.165, 1.54) is 18.4 Å². The number of H-pyrrole nitrogens is 1. The van der Waals surface area contributed by atoms with Crippen LogP contribution >= 0.6 is 0 Å². The van der Waals surface area contributed by atoms with Crippen molar-refractivity contribution in [3.63, 3.8) is 0 Å². The lowest BCUT2D eigenvalue weighted by Crippen LogP contribution is -2.33. The van der Waals surface area contributed by atoms with Gasteiger partial charge in [-0.2, -0.15) is 10.2 Å². The molecule has 10 nitrogen and oxygen atoms in total. The highest BCUT2D eigenvalue weighted by atomic mass is 16.7. The number of carbonyl (C=O) groups excluding carboxylic acids is 2. The number of rotatable bonds is 5. The number of nitrogens with zero attached hydrogens (tertiary/aromatic N) is 3. The molecule has 0 aliphatic carbocycles. The average molecular weight is 473 g/mol. The van der Waals surface area contributed by atoms with Gasteiger partial charge in [0.1, 0.15) is 0 Å². The Kier molecular flexibility index (Phi) is 6.02.